The van der Waals surface area contributed by atoms with Crippen LogP contribution in [0.15, 0.2) is 16.6 Å². The van der Waals surface area contributed by atoms with Crippen molar-refractivity contribution in [3.63, 3.8) is 0 Å². The van der Waals surface area contributed by atoms with Crippen LogP contribution in [0.3, 0.4) is 0 Å². The lowest BCUT2D eigenvalue weighted by Crippen LogP contribution is -2.28. The number of phenolic OH excluding ortho intramolecular Hbond substituents is 1. The predicted molar refractivity (Wildman–Crippen MR) is 67.0 cm³/mol. The fourth-order valence-electron chi connectivity index (χ4n) is 2.14. The highest BCUT2D eigenvalue weighted by atomic mass is 79.9. The molecule has 0 unspecified atom stereocenters. The molecule has 0 aromatic heterocycles. The van der Waals surface area contributed by atoms with Gasteiger partial charge in [-0.2, -0.15) is 0 Å². The van der Waals surface area contributed by atoms with Crippen LogP contribution >= 0.6 is 15.9 Å². The number of benzene rings is 1. The average molecular weight is 300 g/mol. The van der Waals surface area contributed by atoms with E-state index in [-0.39, 0.29) is 17.2 Å². The number of hydrogen-bond donors (Lipinski definition) is 3. The van der Waals surface area contributed by atoms with Crippen molar-refractivity contribution in [2.24, 2.45) is 11.7 Å². The molecule has 17 heavy (non-hydrogen) atoms. The molecule has 1 aliphatic rings. The fraction of sp³-hybridized carbons (Fsp3) is 0.417. The molecule has 0 aliphatic heterocycles. The summed E-state index contributed by atoms with van der Waals surface area (Å²) in [6.07, 6.45) is 3.11. The van der Waals surface area contributed by atoms with Crippen LogP contribution in [0.5, 0.6) is 5.75 Å². The van der Waals surface area contributed by atoms with Gasteiger partial charge in [0.05, 0.1) is 10.0 Å². The maximum Gasteiger partial charge on any atom is 0.336 e. The molecule has 5 heteroatoms. The Morgan fingerprint density at radius 2 is 2.12 bits per heavy atom. The van der Waals surface area contributed by atoms with Crippen LogP contribution in [0.2, 0.25) is 0 Å². The molecule has 1 aromatic carbocycles. The van der Waals surface area contributed by atoms with Gasteiger partial charge in [0.25, 0.3) is 0 Å². The first kappa shape index (κ1) is 12.4. The van der Waals surface area contributed by atoms with E-state index >= 15 is 0 Å². The SMILES string of the molecule is N[C@H](c1c(C(=O)O)ccc(Br)c1O)C1CCC1. The molecule has 0 saturated heterocycles. The Hall–Kier alpha value is -1.07. The van der Waals surface area contributed by atoms with Crippen molar-refractivity contribution in [2.75, 3.05) is 0 Å². The first-order chi connectivity index (χ1) is 8.02. The summed E-state index contributed by atoms with van der Waals surface area (Å²) in [7, 11) is 0. The number of nitrogens with two attached hydrogens (primary N) is 1. The van der Waals surface area contributed by atoms with Gasteiger partial charge < -0.3 is 15.9 Å². The highest BCUT2D eigenvalue weighted by molar-refractivity contribution is 9.10. The molecule has 92 valence electrons. The summed E-state index contributed by atoms with van der Waals surface area (Å²) in [4.78, 5) is 11.1. The minimum absolute atomic E-state index is 0.0516. The molecule has 2 rings (SSSR count). The minimum Gasteiger partial charge on any atom is -0.506 e. The van der Waals surface area contributed by atoms with Crippen LogP contribution < -0.4 is 5.73 Å². The molecule has 0 spiro atoms. The van der Waals surface area contributed by atoms with E-state index in [2.05, 4.69) is 15.9 Å². The van der Waals surface area contributed by atoms with Gasteiger partial charge in [-0.1, -0.05) is 6.42 Å². The van der Waals surface area contributed by atoms with Crippen molar-refractivity contribution in [1.29, 1.82) is 0 Å². The Bertz CT molecular complexity index is 457. The van der Waals surface area contributed by atoms with E-state index < -0.39 is 12.0 Å². The van der Waals surface area contributed by atoms with Gasteiger partial charge in [0.15, 0.2) is 0 Å². The summed E-state index contributed by atoms with van der Waals surface area (Å²) in [5, 5.41) is 19.1. The number of phenols is 1. The summed E-state index contributed by atoms with van der Waals surface area (Å²) < 4.78 is 0.479. The van der Waals surface area contributed by atoms with Crippen molar-refractivity contribution in [2.45, 2.75) is 25.3 Å². The van der Waals surface area contributed by atoms with Crippen LogP contribution in [0, 0.1) is 5.92 Å². The number of hydrogen-bond acceptors (Lipinski definition) is 3. The Balaban J connectivity index is 2.48. The Labute approximate surface area is 108 Å². The minimum atomic E-state index is -1.06. The molecule has 0 heterocycles. The third kappa shape index (κ3) is 2.17. The van der Waals surface area contributed by atoms with Crippen LogP contribution in [0.25, 0.3) is 0 Å². The zero-order valence-electron chi connectivity index (χ0n) is 9.19. The Morgan fingerprint density at radius 3 is 2.59 bits per heavy atom. The first-order valence-corrected chi connectivity index (χ1v) is 6.32. The van der Waals surface area contributed by atoms with Gasteiger partial charge in [-0.05, 0) is 46.8 Å². The van der Waals surface area contributed by atoms with E-state index in [1.54, 1.807) is 0 Å². The van der Waals surface area contributed by atoms with Gasteiger partial charge in [0.1, 0.15) is 5.75 Å². The molecule has 1 saturated carbocycles. The number of halogens is 1. The van der Waals surface area contributed by atoms with E-state index in [0.717, 1.165) is 19.3 Å². The molecule has 4 N–H and O–H groups in total. The highest BCUT2D eigenvalue weighted by Gasteiger charge is 2.31. The van der Waals surface area contributed by atoms with Gasteiger partial charge in [0.2, 0.25) is 0 Å². The summed E-state index contributed by atoms with van der Waals surface area (Å²) in [5.74, 6) is -0.838. The number of rotatable bonds is 3. The molecule has 0 amide bonds. The third-order valence-corrected chi connectivity index (χ3v) is 4.03. The van der Waals surface area contributed by atoms with Crippen LogP contribution in [0.4, 0.5) is 0 Å². The van der Waals surface area contributed by atoms with E-state index in [1.165, 1.54) is 12.1 Å². The van der Waals surface area contributed by atoms with Crippen molar-refractivity contribution < 1.29 is 15.0 Å². The fourth-order valence-corrected chi connectivity index (χ4v) is 2.49. The molecule has 1 atom stereocenters. The standard InChI is InChI=1S/C12H14BrNO3/c13-8-5-4-7(12(16)17)9(11(8)15)10(14)6-2-1-3-6/h4-6,10,15H,1-3,14H2,(H,16,17)/t10-/m0/s1. The molecule has 0 bridgehead atoms. The van der Waals surface area contributed by atoms with Crippen molar-refractivity contribution in [3.8, 4) is 5.75 Å². The zero-order chi connectivity index (χ0) is 12.6. The first-order valence-electron chi connectivity index (χ1n) is 5.52. The van der Waals surface area contributed by atoms with Crippen LogP contribution in [-0.2, 0) is 0 Å². The number of carboxylic acids is 1. The molecule has 1 fully saturated rings. The molecule has 1 aromatic rings. The summed E-state index contributed by atoms with van der Waals surface area (Å²) in [5.41, 5.74) is 6.50. The van der Waals surface area contributed by atoms with Crippen molar-refractivity contribution >= 4 is 21.9 Å². The number of aromatic hydroxyl groups is 1. The summed E-state index contributed by atoms with van der Waals surface area (Å²) >= 11 is 3.19. The number of carboxylic acid groups (broad SMARTS) is 1. The second kappa shape index (κ2) is 4.66. The van der Waals surface area contributed by atoms with Crippen molar-refractivity contribution in [3.05, 3.63) is 27.7 Å². The van der Waals surface area contributed by atoms with Gasteiger partial charge in [-0.3, -0.25) is 0 Å². The lowest BCUT2D eigenvalue weighted by atomic mass is 9.76. The lowest BCUT2D eigenvalue weighted by molar-refractivity contribution is 0.0693. The zero-order valence-corrected chi connectivity index (χ0v) is 10.8. The van der Waals surface area contributed by atoms with Crippen molar-refractivity contribution in [1.82, 2.24) is 0 Å². The summed E-state index contributed by atoms with van der Waals surface area (Å²) in [6.45, 7) is 0. The smallest absolute Gasteiger partial charge is 0.336 e. The molecular weight excluding hydrogens is 286 g/mol. The van der Waals surface area contributed by atoms with E-state index in [9.17, 15) is 9.90 Å². The second-order valence-corrected chi connectivity index (χ2v) is 5.23. The molecule has 4 nitrogen and oxygen atoms in total. The van der Waals surface area contributed by atoms with Crippen LogP contribution in [0.1, 0.15) is 41.2 Å². The quantitative estimate of drug-likeness (QED) is 0.801. The average Bonchev–Trinajstić information content (AvgIpc) is 2.18. The normalized spacial score (nSPS) is 17.5. The summed E-state index contributed by atoms with van der Waals surface area (Å²) in [6, 6.07) is 2.59. The van der Waals surface area contributed by atoms with Gasteiger partial charge in [-0.25, -0.2) is 4.79 Å². The molecular formula is C12H14BrNO3. The largest absolute Gasteiger partial charge is 0.506 e. The maximum atomic E-state index is 11.1. The molecule has 0 radical (unpaired) electrons. The molecule has 1 aliphatic carbocycles. The van der Waals surface area contributed by atoms with Gasteiger partial charge in [-0.15, -0.1) is 0 Å². The van der Waals surface area contributed by atoms with E-state index in [1.807, 2.05) is 0 Å². The Kier molecular flexibility index (Phi) is 3.40. The third-order valence-electron chi connectivity index (χ3n) is 3.39. The maximum absolute atomic E-state index is 11.1. The van der Waals surface area contributed by atoms with E-state index in [4.69, 9.17) is 10.8 Å². The monoisotopic (exact) mass is 299 g/mol. The second-order valence-electron chi connectivity index (χ2n) is 4.38. The van der Waals surface area contributed by atoms with Gasteiger partial charge in [0, 0.05) is 11.6 Å². The number of aromatic carboxylic acids is 1. The number of carbonyl (C=O) groups is 1. The lowest BCUT2D eigenvalue weighted by Gasteiger charge is -2.32. The van der Waals surface area contributed by atoms with Crippen LogP contribution in [-0.4, -0.2) is 16.2 Å². The Morgan fingerprint density at radius 1 is 1.47 bits per heavy atom. The predicted octanol–water partition coefficient (Wildman–Crippen LogP) is 2.65. The topological polar surface area (TPSA) is 83.6 Å². The highest BCUT2D eigenvalue weighted by Crippen LogP contribution is 2.42. The van der Waals surface area contributed by atoms with E-state index in [0.29, 0.717) is 10.0 Å². The van der Waals surface area contributed by atoms with Gasteiger partial charge >= 0.3 is 5.97 Å².